The molecule has 0 bridgehead atoms. The Kier molecular flexibility index (Phi) is 3.20. The van der Waals surface area contributed by atoms with Gasteiger partial charge in [0.25, 0.3) is 0 Å². The minimum atomic E-state index is 0.949. The third-order valence-corrected chi connectivity index (χ3v) is 3.87. The Hall–Kier alpha value is -1.90. The Morgan fingerprint density at radius 3 is 2.84 bits per heavy atom. The van der Waals surface area contributed by atoms with Crippen molar-refractivity contribution in [3.05, 3.63) is 41.5 Å². The maximum Gasteiger partial charge on any atom is 0.113 e. The van der Waals surface area contributed by atoms with Gasteiger partial charge in [-0.2, -0.15) is 0 Å². The largest absolute Gasteiger partial charge is 0.217 e. The van der Waals surface area contributed by atoms with Crippen molar-refractivity contribution in [1.29, 1.82) is 0 Å². The number of fused-ring (bicyclic) bond motifs is 1. The third-order valence-electron chi connectivity index (χ3n) is 3.87. The predicted molar refractivity (Wildman–Crippen MR) is 78.6 cm³/mol. The summed E-state index contributed by atoms with van der Waals surface area (Å²) < 4.78 is 1.93. The zero-order chi connectivity index (χ0) is 13.2. The van der Waals surface area contributed by atoms with E-state index in [0.29, 0.717) is 0 Å². The van der Waals surface area contributed by atoms with Crippen molar-refractivity contribution >= 4 is 16.7 Å². The molecule has 3 nitrogen and oxygen atoms in total. The zero-order valence-corrected chi connectivity index (χ0v) is 11.6. The van der Waals surface area contributed by atoms with Gasteiger partial charge < -0.3 is 0 Å². The van der Waals surface area contributed by atoms with Crippen molar-refractivity contribution in [2.24, 2.45) is 0 Å². The van der Waals surface area contributed by atoms with Crippen LogP contribution < -0.4 is 0 Å². The fraction of sp³-hybridized carbons (Fsp3) is 0.375. The van der Waals surface area contributed by atoms with E-state index >= 15 is 0 Å². The van der Waals surface area contributed by atoms with Gasteiger partial charge in [0.1, 0.15) is 5.52 Å². The van der Waals surface area contributed by atoms with E-state index < -0.39 is 0 Å². The molecule has 19 heavy (non-hydrogen) atoms. The molecule has 0 saturated heterocycles. The number of para-hydroxylation sites is 1. The first-order valence-corrected chi connectivity index (χ1v) is 6.93. The van der Waals surface area contributed by atoms with Crippen LogP contribution in [-0.4, -0.2) is 15.0 Å². The van der Waals surface area contributed by atoms with Gasteiger partial charge in [-0.15, -0.1) is 5.10 Å². The van der Waals surface area contributed by atoms with Crippen LogP contribution in [-0.2, 0) is 0 Å². The Bertz CT molecular complexity index is 661. The quantitative estimate of drug-likeness (QED) is 0.803. The highest BCUT2D eigenvalue weighted by Gasteiger charge is 2.09. The number of hydrogen-bond acceptors (Lipinski definition) is 2. The number of hydrogen-bond donors (Lipinski definition) is 0. The number of benzene rings is 1. The van der Waals surface area contributed by atoms with E-state index in [1.807, 2.05) is 22.9 Å². The summed E-state index contributed by atoms with van der Waals surface area (Å²) >= 11 is 0. The van der Waals surface area contributed by atoms with E-state index in [1.165, 1.54) is 36.8 Å². The Morgan fingerprint density at radius 1 is 1.21 bits per heavy atom. The second kappa shape index (κ2) is 5.00. The van der Waals surface area contributed by atoms with Crippen LogP contribution in [0.2, 0.25) is 0 Å². The summed E-state index contributed by atoms with van der Waals surface area (Å²) in [6.45, 7) is 4.35. The van der Waals surface area contributed by atoms with Crippen molar-refractivity contribution in [3.8, 4) is 0 Å². The van der Waals surface area contributed by atoms with Crippen LogP contribution in [0.25, 0.3) is 16.7 Å². The number of rotatable bonds is 2. The minimum Gasteiger partial charge on any atom is -0.217 e. The molecule has 1 aliphatic carbocycles. The summed E-state index contributed by atoms with van der Waals surface area (Å²) in [4.78, 5) is 0. The van der Waals surface area contributed by atoms with Crippen molar-refractivity contribution in [2.45, 2.75) is 39.5 Å². The normalized spacial score (nSPS) is 17.3. The molecule has 1 aliphatic rings. The topological polar surface area (TPSA) is 30.7 Å². The second-order valence-corrected chi connectivity index (χ2v) is 5.29. The summed E-state index contributed by atoms with van der Waals surface area (Å²) in [5.74, 6) is 0. The summed E-state index contributed by atoms with van der Waals surface area (Å²) in [6.07, 6.45) is 7.33. The van der Waals surface area contributed by atoms with Crippen LogP contribution >= 0.6 is 0 Å². The van der Waals surface area contributed by atoms with Crippen LogP contribution in [0.5, 0.6) is 0 Å². The Labute approximate surface area is 113 Å². The molecule has 2 aromatic rings. The number of allylic oxidation sites excluding steroid dienone is 4. The lowest BCUT2D eigenvalue weighted by atomic mass is 9.92. The zero-order valence-electron chi connectivity index (χ0n) is 11.6. The highest BCUT2D eigenvalue weighted by Crippen LogP contribution is 2.27. The molecular weight excluding hydrogens is 234 g/mol. The molecule has 1 heterocycles. The van der Waals surface area contributed by atoms with E-state index in [4.69, 9.17) is 0 Å². The molecule has 0 unspecified atom stereocenters. The first-order valence-electron chi connectivity index (χ1n) is 6.93. The molecule has 0 radical (unpaired) electrons. The maximum atomic E-state index is 4.26. The Morgan fingerprint density at radius 2 is 2.00 bits per heavy atom. The third kappa shape index (κ3) is 2.33. The molecule has 0 saturated carbocycles. The van der Waals surface area contributed by atoms with Crippen LogP contribution in [0.1, 0.15) is 39.5 Å². The molecule has 0 N–H and O–H groups in total. The van der Waals surface area contributed by atoms with Gasteiger partial charge in [-0.05, 0) is 63.3 Å². The van der Waals surface area contributed by atoms with Crippen LogP contribution in [0, 0.1) is 0 Å². The van der Waals surface area contributed by atoms with Crippen molar-refractivity contribution in [3.63, 3.8) is 0 Å². The van der Waals surface area contributed by atoms with E-state index in [0.717, 1.165) is 16.7 Å². The smallest absolute Gasteiger partial charge is 0.113 e. The molecule has 0 atom stereocenters. The lowest BCUT2D eigenvalue weighted by Gasteiger charge is -2.15. The first kappa shape index (κ1) is 12.2. The van der Waals surface area contributed by atoms with Gasteiger partial charge in [0.2, 0.25) is 0 Å². The fourth-order valence-corrected chi connectivity index (χ4v) is 2.72. The molecule has 0 fully saturated rings. The van der Waals surface area contributed by atoms with Gasteiger partial charge in [0.15, 0.2) is 0 Å². The van der Waals surface area contributed by atoms with E-state index in [1.54, 1.807) is 0 Å². The first-order chi connectivity index (χ1) is 9.25. The monoisotopic (exact) mass is 253 g/mol. The van der Waals surface area contributed by atoms with Gasteiger partial charge in [0, 0.05) is 5.70 Å². The van der Waals surface area contributed by atoms with Gasteiger partial charge >= 0.3 is 0 Å². The van der Waals surface area contributed by atoms with Crippen LogP contribution in [0.4, 0.5) is 0 Å². The number of nitrogens with zero attached hydrogens (tertiary/aromatic N) is 3. The molecular formula is C16H19N3. The highest BCUT2D eigenvalue weighted by atomic mass is 15.4. The fourth-order valence-electron chi connectivity index (χ4n) is 2.72. The summed E-state index contributed by atoms with van der Waals surface area (Å²) in [5.41, 5.74) is 6.17. The molecule has 1 aromatic heterocycles. The van der Waals surface area contributed by atoms with Crippen molar-refractivity contribution < 1.29 is 0 Å². The summed E-state index contributed by atoms with van der Waals surface area (Å²) in [5, 5.41) is 8.47. The van der Waals surface area contributed by atoms with Crippen molar-refractivity contribution in [1.82, 2.24) is 15.0 Å². The molecule has 98 valence electrons. The molecule has 0 aliphatic heterocycles. The number of aromatic nitrogens is 3. The van der Waals surface area contributed by atoms with Gasteiger partial charge in [0.05, 0.1) is 5.52 Å². The molecule has 3 heteroatoms. The average molecular weight is 253 g/mol. The van der Waals surface area contributed by atoms with Crippen molar-refractivity contribution in [2.75, 3.05) is 0 Å². The molecule has 0 amide bonds. The standard InChI is InChI=1S/C16H19N3/c1-12-7-3-4-8-14(12)11-13(2)19-16-10-6-5-9-15(16)17-18-19/h5-6,9-11H,3-4,7-8H2,1-2H3/b13-11+. The highest BCUT2D eigenvalue weighted by molar-refractivity contribution is 5.77. The van der Waals surface area contributed by atoms with E-state index in [9.17, 15) is 0 Å². The van der Waals surface area contributed by atoms with Crippen LogP contribution in [0.3, 0.4) is 0 Å². The lowest BCUT2D eigenvalue weighted by molar-refractivity contribution is 0.682. The lowest BCUT2D eigenvalue weighted by Crippen LogP contribution is -2.00. The molecule has 0 spiro atoms. The van der Waals surface area contributed by atoms with Crippen LogP contribution in [0.15, 0.2) is 41.5 Å². The summed E-state index contributed by atoms with van der Waals surface area (Å²) in [6, 6.07) is 8.08. The SMILES string of the molecule is CC1=C(/C=C(\C)n2nnc3ccccc32)CCCC1. The predicted octanol–water partition coefficient (Wildman–Crippen LogP) is 4.18. The van der Waals surface area contributed by atoms with Gasteiger partial charge in [-0.1, -0.05) is 22.9 Å². The molecule has 3 rings (SSSR count). The van der Waals surface area contributed by atoms with Gasteiger partial charge in [-0.3, -0.25) is 0 Å². The van der Waals surface area contributed by atoms with E-state index in [-0.39, 0.29) is 0 Å². The van der Waals surface area contributed by atoms with Gasteiger partial charge in [-0.25, -0.2) is 4.68 Å². The van der Waals surface area contributed by atoms with E-state index in [2.05, 4.69) is 36.3 Å². The average Bonchev–Trinajstić information content (AvgIpc) is 2.85. The minimum absolute atomic E-state index is 0.949. The maximum absolute atomic E-state index is 4.26. The Balaban J connectivity index is 2.02. The second-order valence-electron chi connectivity index (χ2n) is 5.29. The molecule has 1 aromatic carbocycles. The summed E-state index contributed by atoms with van der Waals surface area (Å²) in [7, 11) is 0.